The molecular weight excluding hydrogens is 398 g/mol. The van der Waals surface area contributed by atoms with Gasteiger partial charge in [0, 0.05) is 6.20 Å². The summed E-state index contributed by atoms with van der Waals surface area (Å²) in [5.41, 5.74) is -0.588. The highest BCUT2D eigenvalue weighted by Crippen LogP contribution is 2.22. The Morgan fingerprint density at radius 1 is 0.897 bits per heavy atom. The maximum absolute atomic E-state index is 11.0. The number of aliphatic hydroxyl groups excluding tert-OH is 8. The van der Waals surface area contributed by atoms with Crippen LogP contribution in [0.4, 0.5) is 5.82 Å². The van der Waals surface area contributed by atoms with Crippen LogP contribution < -0.4 is 11.0 Å². The van der Waals surface area contributed by atoms with Gasteiger partial charge >= 0.3 is 5.69 Å². The Bertz CT molecular complexity index is 689. The molecular formula is C15H25N3O11. The monoisotopic (exact) mass is 423 g/mol. The molecule has 2 aliphatic heterocycles. The van der Waals surface area contributed by atoms with Gasteiger partial charge in [0.25, 0.3) is 0 Å². The van der Waals surface area contributed by atoms with Crippen LogP contribution in [0.2, 0.25) is 0 Å². The van der Waals surface area contributed by atoms with Crippen molar-refractivity contribution in [1.29, 1.82) is 0 Å². The van der Waals surface area contributed by atoms with Crippen LogP contribution in [0, 0.1) is 0 Å². The number of H-pyrrole nitrogens is 1. The Morgan fingerprint density at radius 2 is 1.48 bits per heavy atom. The number of aliphatic hydroxyl groups is 8. The summed E-state index contributed by atoms with van der Waals surface area (Å²) in [6, 6.07) is 1.43. The van der Waals surface area contributed by atoms with Gasteiger partial charge in [0.1, 0.15) is 48.5 Å². The number of rotatable bonds is 4. The van der Waals surface area contributed by atoms with Crippen molar-refractivity contribution in [2.45, 2.75) is 55.2 Å². The van der Waals surface area contributed by atoms with E-state index in [4.69, 9.17) is 30.3 Å². The third-order valence-corrected chi connectivity index (χ3v) is 4.38. The summed E-state index contributed by atoms with van der Waals surface area (Å²) >= 11 is 0. The fourth-order valence-electron chi connectivity index (χ4n) is 2.71. The predicted molar refractivity (Wildman–Crippen MR) is 92.2 cm³/mol. The van der Waals surface area contributed by atoms with E-state index in [0.29, 0.717) is 0 Å². The van der Waals surface area contributed by atoms with E-state index in [9.17, 15) is 20.1 Å². The molecule has 0 bridgehead atoms. The van der Waals surface area contributed by atoms with Crippen molar-refractivity contribution in [3.05, 3.63) is 22.7 Å². The van der Waals surface area contributed by atoms with E-state index >= 15 is 0 Å². The summed E-state index contributed by atoms with van der Waals surface area (Å²) in [5, 5.41) is 75.6. The molecule has 2 fully saturated rings. The smallest absolute Gasteiger partial charge is 0.346 e. The average Bonchev–Trinajstić information content (AvgIpc) is 2.95. The normalized spacial score (nSPS) is 39.5. The quantitative estimate of drug-likeness (QED) is 0.218. The number of aromatic nitrogens is 2. The molecule has 1 aromatic rings. The molecule has 2 aliphatic rings. The minimum absolute atomic E-state index is 0.226. The first-order chi connectivity index (χ1) is 13.7. The van der Waals surface area contributed by atoms with E-state index in [1.54, 1.807) is 0 Å². The second-order valence-corrected chi connectivity index (χ2v) is 6.41. The van der Waals surface area contributed by atoms with Gasteiger partial charge in [0.15, 0.2) is 12.5 Å². The van der Waals surface area contributed by atoms with Crippen molar-refractivity contribution in [3.8, 4) is 0 Å². The number of ether oxygens (including phenoxy) is 2. The average molecular weight is 423 g/mol. The third kappa shape index (κ3) is 5.67. The molecule has 0 spiro atoms. The number of nitrogens with zero attached hydrogens (tertiary/aromatic N) is 1. The molecule has 0 aromatic carbocycles. The first kappa shape index (κ1) is 23.6. The van der Waals surface area contributed by atoms with E-state index in [1.807, 2.05) is 0 Å². The highest BCUT2D eigenvalue weighted by atomic mass is 16.6. The molecule has 0 aliphatic carbocycles. The van der Waals surface area contributed by atoms with E-state index in [0.717, 1.165) is 0 Å². The molecule has 3 rings (SSSR count). The number of nitrogens with one attached hydrogen (secondary N) is 2. The van der Waals surface area contributed by atoms with Gasteiger partial charge < -0.3 is 55.6 Å². The van der Waals surface area contributed by atoms with Gasteiger partial charge in [-0.3, -0.25) is 4.98 Å². The maximum atomic E-state index is 11.0. The van der Waals surface area contributed by atoms with Crippen molar-refractivity contribution in [2.75, 3.05) is 18.5 Å². The fraction of sp³-hybridized carbons (Fsp3) is 0.733. The second kappa shape index (κ2) is 10.4. The van der Waals surface area contributed by atoms with Crippen LogP contribution in [0.15, 0.2) is 17.1 Å². The van der Waals surface area contributed by atoms with E-state index in [2.05, 4.69) is 20.0 Å². The molecule has 0 radical (unpaired) electrons. The zero-order valence-electron chi connectivity index (χ0n) is 15.0. The summed E-state index contributed by atoms with van der Waals surface area (Å²) in [6.45, 7) is -0.925. The molecule has 9 atom stereocenters. The fourth-order valence-corrected chi connectivity index (χ4v) is 2.71. The molecule has 14 nitrogen and oxygen atoms in total. The van der Waals surface area contributed by atoms with Crippen LogP contribution in [-0.4, -0.2) is 119 Å². The zero-order chi connectivity index (χ0) is 21.7. The van der Waals surface area contributed by atoms with Gasteiger partial charge in [0.2, 0.25) is 0 Å². The van der Waals surface area contributed by atoms with Gasteiger partial charge in [-0.1, -0.05) is 0 Å². The number of hydrogen-bond acceptors (Lipinski definition) is 13. The highest BCUT2D eigenvalue weighted by Gasteiger charge is 2.43. The molecule has 14 heteroatoms. The van der Waals surface area contributed by atoms with Crippen molar-refractivity contribution in [3.63, 3.8) is 0 Å². The van der Waals surface area contributed by atoms with Gasteiger partial charge in [-0.2, -0.15) is 0 Å². The van der Waals surface area contributed by atoms with Crippen LogP contribution in [0.5, 0.6) is 0 Å². The molecule has 2 saturated heterocycles. The Hall–Kier alpha value is -1.72. The van der Waals surface area contributed by atoms with Crippen molar-refractivity contribution in [1.82, 2.24) is 9.97 Å². The van der Waals surface area contributed by atoms with E-state index in [1.165, 1.54) is 12.3 Å². The summed E-state index contributed by atoms with van der Waals surface area (Å²) in [7, 11) is 0. The van der Waals surface area contributed by atoms with Crippen molar-refractivity contribution < 1.29 is 50.3 Å². The van der Waals surface area contributed by atoms with Crippen LogP contribution in [0.25, 0.3) is 0 Å². The third-order valence-electron chi connectivity index (χ3n) is 4.38. The summed E-state index contributed by atoms with van der Waals surface area (Å²) in [6.07, 6.45) is -9.92. The van der Waals surface area contributed by atoms with E-state index < -0.39 is 74.1 Å². The van der Waals surface area contributed by atoms with Crippen LogP contribution in [-0.2, 0) is 9.47 Å². The van der Waals surface area contributed by atoms with Crippen LogP contribution >= 0.6 is 0 Å². The first-order valence-electron chi connectivity index (χ1n) is 8.62. The Morgan fingerprint density at radius 3 is 1.97 bits per heavy atom. The minimum atomic E-state index is -1.48. The lowest BCUT2D eigenvalue weighted by Crippen LogP contribution is -2.60. The molecule has 0 amide bonds. The zero-order valence-corrected chi connectivity index (χ0v) is 15.0. The topological polar surface area (TPSA) is 238 Å². The molecule has 1 aromatic heterocycles. The van der Waals surface area contributed by atoms with Gasteiger partial charge in [-0.25, -0.2) is 9.78 Å². The second-order valence-electron chi connectivity index (χ2n) is 6.41. The summed E-state index contributed by atoms with van der Waals surface area (Å²) in [5.74, 6) is 0.226. The van der Waals surface area contributed by atoms with Gasteiger partial charge in [-0.05, 0) is 6.07 Å². The number of anilines is 1. The Balaban J connectivity index is 0.000000253. The SMILES string of the molecule is O=c1nccc(NC2O[C@H](CO)[C@H](O)[C@H](O)[C@H]2O)[nH]1.OC[C@H]1O[C@@H](O)[C@@H](O)[C@@H]1O. The van der Waals surface area contributed by atoms with Crippen molar-refractivity contribution in [2.24, 2.45) is 0 Å². The van der Waals surface area contributed by atoms with E-state index in [-0.39, 0.29) is 5.82 Å². The van der Waals surface area contributed by atoms with Gasteiger partial charge in [0.05, 0.1) is 13.2 Å². The lowest BCUT2D eigenvalue weighted by atomic mass is 9.98. The van der Waals surface area contributed by atoms with Crippen molar-refractivity contribution >= 4 is 5.82 Å². The standard InChI is InChI=1S/C10H15N3O6.C5H10O5/c14-3-4-6(15)7(16)8(17)9(19-4)12-5-1-2-11-10(18)13-5;6-1-2-3(7)4(8)5(9)10-2/h1-2,4,6-9,14-17H,3H2,(H2,11,12,13,18);2-9H,1H2/t4-,6+,7+,8-,9?;2-,3-,4+,5-/m11/s1. The maximum Gasteiger partial charge on any atom is 0.346 e. The Kier molecular flexibility index (Phi) is 8.41. The highest BCUT2D eigenvalue weighted by molar-refractivity contribution is 5.33. The number of aromatic amines is 1. The minimum Gasteiger partial charge on any atom is -0.394 e. The summed E-state index contributed by atoms with van der Waals surface area (Å²) in [4.78, 5) is 16.8. The first-order valence-corrected chi connectivity index (χ1v) is 8.62. The lowest BCUT2D eigenvalue weighted by molar-refractivity contribution is -0.221. The molecule has 10 N–H and O–H groups in total. The molecule has 0 saturated carbocycles. The predicted octanol–water partition coefficient (Wildman–Crippen LogP) is -5.60. The van der Waals surface area contributed by atoms with Crippen LogP contribution in [0.1, 0.15) is 0 Å². The molecule has 3 heterocycles. The largest absolute Gasteiger partial charge is 0.394 e. The number of hydrogen-bond donors (Lipinski definition) is 10. The molecule has 166 valence electrons. The molecule has 29 heavy (non-hydrogen) atoms. The molecule has 1 unspecified atom stereocenters. The van der Waals surface area contributed by atoms with Crippen LogP contribution in [0.3, 0.4) is 0 Å². The van der Waals surface area contributed by atoms with Gasteiger partial charge in [-0.15, -0.1) is 0 Å². The summed E-state index contributed by atoms with van der Waals surface area (Å²) < 4.78 is 9.75. The Labute approximate surface area is 163 Å². The lowest BCUT2D eigenvalue weighted by Gasteiger charge is -2.40.